The lowest BCUT2D eigenvalue weighted by Crippen LogP contribution is -2.32. The molecule has 0 amide bonds. The van der Waals surface area contributed by atoms with Crippen LogP contribution in [0.25, 0.3) is 0 Å². The van der Waals surface area contributed by atoms with Gasteiger partial charge >= 0.3 is 5.97 Å². The largest absolute Gasteiger partial charge is 0.481 e. The van der Waals surface area contributed by atoms with Crippen molar-refractivity contribution >= 4 is 11.8 Å². The number of carbonyl (C=O) groups is 1. The molecule has 1 aromatic heterocycles. The number of carboxylic acid groups (broad SMARTS) is 1. The van der Waals surface area contributed by atoms with Crippen LogP contribution in [0.15, 0.2) is 6.20 Å². The van der Waals surface area contributed by atoms with Gasteiger partial charge in [0.2, 0.25) is 0 Å². The summed E-state index contributed by atoms with van der Waals surface area (Å²) in [5.41, 5.74) is 0.919. The molecule has 0 radical (unpaired) electrons. The highest BCUT2D eigenvalue weighted by molar-refractivity contribution is 5.78. The van der Waals surface area contributed by atoms with E-state index < -0.39 is 5.97 Å². The second-order valence-electron chi connectivity index (χ2n) is 4.31. The van der Waals surface area contributed by atoms with Gasteiger partial charge in [0.15, 0.2) is 0 Å². The Bertz CT molecular complexity index is 409. The Morgan fingerprint density at radius 1 is 1.60 bits per heavy atom. The summed E-state index contributed by atoms with van der Waals surface area (Å²) >= 11 is 0. The number of carboxylic acids is 1. The maximum Gasteiger partial charge on any atom is 0.311 e. The van der Waals surface area contributed by atoms with Crippen molar-refractivity contribution in [1.82, 2.24) is 5.10 Å². The van der Waals surface area contributed by atoms with Crippen LogP contribution >= 0.6 is 0 Å². The number of hydrogen-bond donors (Lipinski definition) is 3. The number of nitrogens with one attached hydrogen (secondary N) is 2. The summed E-state index contributed by atoms with van der Waals surface area (Å²) in [5.74, 6) is 0.274. The minimum atomic E-state index is -0.700. The number of H-pyrrole nitrogens is 1. The summed E-state index contributed by atoms with van der Waals surface area (Å²) in [5, 5.41) is 15.6. The lowest BCUT2D eigenvalue weighted by atomic mass is 9.96. The van der Waals surface area contributed by atoms with Crippen LogP contribution in [-0.4, -0.2) is 22.7 Å². The SMILES string of the molecule is O=C(O)C(c1c[nH][n+]2c1NCC2)C1CC1. The Hall–Kier alpha value is -1.52. The van der Waals surface area contributed by atoms with E-state index in [1.54, 1.807) is 0 Å². The fraction of sp³-hybridized carbons (Fsp3) is 0.600. The van der Waals surface area contributed by atoms with E-state index in [1.165, 1.54) is 0 Å². The molecule has 3 N–H and O–H groups in total. The molecule has 2 heterocycles. The van der Waals surface area contributed by atoms with Crippen molar-refractivity contribution in [3.63, 3.8) is 0 Å². The van der Waals surface area contributed by atoms with Crippen LogP contribution < -0.4 is 10.00 Å². The molecule has 0 aromatic carbocycles. The third kappa shape index (κ3) is 1.30. The first kappa shape index (κ1) is 8.76. The standard InChI is InChI=1S/C10H13N3O2/c14-10(15)8(6-1-2-6)7-5-12-13-4-3-11-9(7)13/h5-6,8H,1-4H2,(H2,11,12,14,15)/p+1. The highest BCUT2D eigenvalue weighted by Crippen LogP contribution is 2.44. The van der Waals surface area contributed by atoms with Crippen LogP contribution in [0, 0.1) is 5.92 Å². The summed E-state index contributed by atoms with van der Waals surface area (Å²) in [7, 11) is 0. The molecule has 3 rings (SSSR count). The van der Waals surface area contributed by atoms with Gasteiger partial charge in [-0.25, -0.2) is 5.10 Å². The van der Waals surface area contributed by atoms with Gasteiger partial charge in [-0.15, -0.1) is 0 Å². The molecule has 5 nitrogen and oxygen atoms in total. The van der Waals surface area contributed by atoms with E-state index >= 15 is 0 Å². The van der Waals surface area contributed by atoms with Gasteiger partial charge in [-0.3, -0.25) is 10.1 Å². The monoisotopic (exact) mass is 208 g/mol. The molecular formula is C10H14N3O2+. The minimum absolute atomic E-state index is 0.330. The maximum absolute atomic E-state index is 11.2. The fourth-order valence-corrected chi connectivity index (χ4v) is 2.35. The molecule has 0 saturated heterocycles. The van der Waals surface area contributed by atoms with Crippen LogP contribution in [0.5, 0.6) is 0 Å². The first-order chi connectivity index (χ1) is 7.27. The number of aliphatic carboxylic acids is 1. The predicted octanol–water partition coefficient (Wildman–Crippen LogP) is 0.306. The van der Waals surface area contributed by atoms with Gasteiger partial charge < -0.3 is 5.11 Å². The second-order valence-corrected chi connectivity index (χ2v) is 4.31. The van der Waals surface area contributed by atoms with Crippen molar-refractivity contribution in [3.8, 4) is 0 Å². The number of fused-ring (bicyclic) bond motifs is 1. The maximum atomic E-state index is 11.2. The van der Waals surface area contributed by atoms with Crippen molar-refractivity contribution in [2.75, 3.05) is 11.9 Å². The fourth-order valence-electron chi connectivity index (χ4n) is 2.35. The first-order valence-electron chi connectivity index (χ1n) is 5.35. The molecule has 1 saturated carbocycles. The normalized spacial score (nSPS) is 20.8. The van der Waals surface area contributed by atoms with Crippen LogP contribution in [0.4, 0.5) is 5.82 Å². The molecule has 1 aromatic rings. The number of hydrogen-bond acceptors (Lipinski definition) is 2. The average molecular weight is 208 g/mol. The van der Waals surface area contributed by atoms with E-state index in [0.717, 1.165) is 37.3 Å². The van der Waals surface area contributed by atoms with Crippen molar-refractivity contribution in [2.45, 2.75) is 25.3 Å². The first-order valence-corrected chi connectivity index (χ1v) is 5.35. The highest BCUT2D eigenvalue weighted by Gasteiger charge is 2.42. The highest BCUT2D eigenvalue weighted by atomic mass is 16.4. The molecule has 0 bridgehead atoms. The number of nitrogens with zero attached hydrogens (tertiary/aromatic N) is 1. The molecule has 0 spiro atoms. The molecule has 1 aliphatic heterocycles. The summed E-state index contributed by atoms with van der Waals surface area (Å²) in [6.07, 6.45) is 3.92. The summed E-state index contributed by atoms with van der Waals surface area (Å²) in [6.45, 7) is 1.78. The van der Waals surface area contributed by atoms with Crippen molar-refractivity contribution in [1.29, 1.82) is 0 Å². The molecule has 2 aliphatic rings. The molecule has 15 heavy (non-hydrogen) atoms. The van der Waals surface area contributed by atoms with Gasteiger partial charge in [0.1, 0.15) is 13.1 Å². The second kappa shape index (κ2) is 2.98. The van der Waals surface area contributed by atoms with Gasteiger partial charge in [-0.2, -0.15) is 4.68 Å². The zero-order valence-electron chi connectivity index (χ0n) is 8.36. The predicted molar refractivity (Wildman–Crippen MR) is 52.6 cm³/mol. The van der Waals surface area contributed by atoms with Crippen LogP contribution in [-0.2, 0) is 11.3 Å². The lowest BCUT2D eigenvalue weighted by molar-refractivity contribution is -0.726. The minimum Gasteiger partial charge on any atom is -0.481 e. The third-order valence-electron chi connectivity index (χ3n) is 3.24. The van der Waals surface area contributed by atoms with Gasteiger partial charge in [0.25, 0.3) is 5.82 Å². The van der Waals surface area contributed by atoms with Crippen LogP contribution in [0.1, 0.15) is 24.3 Å². The van der Waals surface area contributed by atoms with E-state index in [4.69, 9.17) is 0 Å². The summed E-state index contributed by atoms with van der Waals surface area (Å²) < 4.78 is 1.98. The molecular weight excluding hydrogens is 194 g/mol. The molecule has 80 valence electrons. The van der Waals surface area contributed by atoms with Crippen molar-refractivity contribution < 1.29 is 14.6 Å². The van der Waals surface area contributed by atoms with E-state index in [2.05, 4.69) is 10.4 Å². The number of anilines is 1. The molecule has 1 fully saturated rings. The van der Waals surface area contributed by atoms with E-state index in [9.17, 15) is 9.90 Å². The van der Waals surface area contributed by atoms with Gasteiger partial charge in [0.05, 0.1) is 17.7 Å². The molecule has 5 heteroatoms. The third-order valence-corrected chi connectivity index (χ3v) is 3.24. The number of aromatic amines is 1. The number of aromatic nitrogens is 2. The van der Waals surface area contributed by atoms with E-state index in [1.807, 2.05) is 10.9 Å². The lowest BCUT2D eigenvalue weighted by Gasteiger charge is -2.07. The Kier molecular flexibility index (Phi) is 1.74. The topological polar surface area (TPSA) is 69.0 Å². The Morgan fingerprint density at radius 3 is 3.07 bits per heavy atom. The van der Waals surface area contributed by atoms with Crippen LogP contribution in [0.3, 0.4) is 0 Å². The molecule has 1 unspecified atom stereocenters. The average Bonchev–Trinajstić information content (AvgIpc) is 2.76. The van der Waals surface area contributed by atoms with E-state index in [-0.39, 0.29) is 5.92 Å². The van der Waals surface area contributed by atoms with Gasteiger partial charge in [-0.05, 0) is 18.8 Å². The Morgan fingerprint density at radius 2 is 2.40 bits per heavy atom. The summed E-state index contributed by atoms with van der Waals surface area (Å²) in [4.78, 5) is 11.2. The molecule has 1 atom stereocenters. The molecule has 1 aliphatic carbocycles. The zero-order chi connectivity index (χ0) is 10.4. The van der Waals surface area contributed by atoms with Crippen molar-refractivity contribution in [2.24, 2.45) is 5.92 Å². The Labute approximate surface area is 87.1 Å². The quantitative estimate of drug-likeness (QED) is 0.626. The van der Waals surface area contributed by atoms with Crippen LogP contribution in [0.2, 0.25) is 0 Å². The summed E-state index contributed by atoms with van der Waals surface area (Å²) in [6, 6.07) is 0. The smallest absolute Gasteiger partial charge is 0.311 e. The van der Waals surface area contributed by atoms with Gasteiger partial charge in [0, 0.05) is 0 Å². The number of rotatable bonds is 3. The van der Waals surface area contributed by atoms with E-state index in [0.29, 0.717) is 5.92 Å². The van der Waals surface area contributed by atoms with Crippen molar-refractivity contribution in [3.05, 3.63) is 11.8 Å². The zero-order valence-corrected chi connectivity index (χ0v) is 8.36. The Balaban J connectivity index is 1.99. The van der Waals surface area contributed by atoms with Gasteiger partial charge in [-0.1, -0.05) is 0 Å².